The van der Waals surface area contributed by atoms with Gasteiger partial charge in [0.25, 0.3) is 10.2 Å². The first-order valence-corrected chi connectivity index (χ1v) is 8.86. The van der Waals surface area contributed by atoms with Crippen LogP contribution < -0.4 is 0 Å². The van der Waals surface area contributed by atoms with Crippen molar-refractivity contribution in [2.75, 3.05) is 26.2 Å². The Balaban J connectivity index is 2.95. The van der Waals surface area contributed by atoms with E-state index in [0.717, 1.165) is 18.4 Å². The minimum atomic E-state index is -3.54. The first kappa shape index (κ1) is 18.1. The van der Waals surface area contributed by atoms with Gasteiger partial charge in [0.2, 0.25) is 0 Å². The fourth-order valence-electron chi connectivity index (χ4n) is 2.18. The van der Waals surface area contributed by atoms with Crippen molar-refractivity contribution in [3.05, 3.63) is 35.9 Å². The zero-order valence-electron chi connectivity index (χ0n) is 12.9. The molecule has 0 saturated heterocycles. The third-order valence-corrected chi connectivity index (χ3v) is 5.13. The van der Waals surface area contributed by atoms with Gasteiger partial charge in [-0.3, -0.25) is 0 Å². The maximum atomic E-state index is 12.7. The van der Waals surface area contributed by atoms with Crippen LogP contribution in [0.1, 0.15) is 32.3 Å². The number of rotatable bonds is 10. The predicted molar refractivity (Wildman–Crippen MR) is 85.0 cm³/mol. The van der Waals surface area contributed by atoms with E-state index in [-0.39, 0.29) is 19.7 Å². The number of benzene rings is 1. The summed E-state index contributed by atoms with van der Waals surface area (Å²) in [5, 5.41) is 9.19. The SMILES string of the molecule is CCCN(CCC)S(=O)(=O)N(CCO)Cc1ccccc1. The molecule has 1 N–H and O–H groups in total. The average Bonchev–Trinajstić information content (AvgIpc) is 2.47. The van der Waals surface area contributed by atoms with Crippen LogP contribution in [0.2, 0.25) is 0 Å². The van der Waals surface area contributed by atoms with Crippen molar-refractivity contribution in [1.29, 1.82) is 0 Å². The van der Waals surface area contributed by atoms with Crippen LogP contribution in [0.5, 0.6) is 0 Å². The van der Waals surface area contributed by atoms with Crippen molar-refractivity contribution in [3.63, 3.8) is 0 Å². The van der Waals surface area contributed by atoms with Gasteiger partial charge in [-0.05, 0) is 18.4 Å². The average molecular weight is 314 g/mol. The Kier molecular flexibility index (Phi) is 7.88. The number of aliphatic hydroxyl groups excluding tert-OH is 1. The van der Waals surface area contributed by atoms with Crippen LogP contribution in [0.15, 0.2) is 30.3 Å². The lowest BCUT2D eigenvalue weighted by molar-refractivity contribution is 0.240. The minimum absolute atomic E-state index is 0.112. The molecule has 0 fully saturated rings. The minimum Gasteiger partial charge on any atom is -0.395 e. The van der Waals surface area contributed by atoms with Gasteiger partial charge in [0, 0.05) is 26.2 Å². The highest BCUT2D eigenvalue weighted by Gasteiger charge is 2.28. The van der Waals surface area contributed by atoms with Gasteiger partial charge < -0.3 is 5.11 Å². The van der Waals surface area contributed by atoms with Crippen LogP contribution in [-0.2, 0) is 16.8 Å². The summed E-state index contributed by atoms with van der Waals surface area (Å²) in [5.74, 6) is 0. The Bertz CT molecular complexity index is 485. The normalized spacial score (nSPS) is 12.2. The molecule has 0 spiro atoms. The highest BCUT2D eigenvalue weighted by atomic mass is 32.2. The van der Waals surface area contributed by atoms with E-state index < -0.39 is 10.2 Å². The van der Waals surface area contributed by atoms with Crippen molar-refractivity contribution in [1.82, 2.24) is 8.61 Å². The van der Waals surface area contributed by atoms with Crippen molar-refractivity contribution in [3.8, 4) is 0 Å². The number of hydrogen-bond donors (Lipinski definition) is 1. The fraction of sp³-hybridized carbons (Fsp3) is 0.600. The quantitative estimate of drug-likeness (QED) is 0.717. The Labute approximate surface area is 128 Å². The lowest BCUT2D eigenvalue weighted by Gasteiger charge is -2.29. The number of hydrogen-bond acceptors (Lipinski definition) is 3. The summed E-state index contributed by atoms with van der Waals surface area (Å²) in [6.45, 7) is 5.16. The van der Waals surface area contributed by atoms with Gasteiger partial charge >= 0.3 is 0 Å². The molecule has 21 heavy (non-hydrogen) atoms. The second-order valence-corrected chi connectivity index (χ2v) is 6.88. The lowest BCUT2D eigenvalue weighted by Crippen LogP contribution is -2.45. The molecule has 0 aliphatic heterocycles. The van der Waals surface area contributed by atoms with E-state index in [0.29, 0.717) is 13.1 Å². The van der Waals surface area contributed by atoms with E-state index in [9.17, 15) is 13.5 Å². The molecule has 1 aromatic carbocycles. The van der Waals surface area contributed by atoms with E-state index in [1.54, 1.807) is 0 Å². The molecule has 0 heterocycles. The smallest absolute Gasteiger partial charge is 0.282 e. The number of nitrogens with zero attached hydrogens (tertiary/aromatic N) is 2. The van der Waals surface area contributed by atoms with Gasteiger partial charge in [-0.1, -0.05) is 44.2 Å². The van der Waals surface area contributed by atoms with Crippen molar-refractivity contribution in [2.24, 2.45) is 0 Å². The van der Waals surface area contributed by atoms with Gasteiger partial charge in [-0.15, -0.1) is 0 Å². The Morgan fingerprint density at radius 1 is 0.952 bits per heavy atom. The molecule has 0 radical (unpaired) electrons. The van der Waals surface area contributed by atoms with Crippen molar-refractivity contribution in [2.45, 2.75) is 33.2 Å². The van der Waals surface area contributed by atoms with E-state index in [4.69, 9.17) is 0 Å². The van der Waals surface area contributed by atoms with E-state index >= 15 is 0 Å². The predicted octanol–water partition coefficient (Wildman–Crippen LogP) is 1.85. The molecule has 0 aliphatic carbocycles. The van der Waals surface area contributed by atoms with Gasteiger partial charge in [0.1, 0.15) is 0 Å². The summed E-state index contributed by atoms with van der Waals surface area (Å²) in [5.41, 5.74) is 0.919. The van der Waals surface area contributed by atoms with Gasteiger partial charge in [0.05, 0.1) is 6.61 Å². The molecule has 0 atom stereocenters. The number of aliphatic hydroxyl groups is 1. The van der Waals surface area contributed by atoms with Crippen LogP contribution in [0.25, 0.3) is 0 Å². The topological polar surface area (TPSA) is 60.9 Å². The van der Waals surface area contributed by atoms with Crippen LogP contribution >= 0.6 is 0 Å². The van der Waals surface area contributed by atoms with Crippen LogP contribution in [0.4, 0.5) is 0 Å². The maximum Gasteiger partial charge on any atom is 0.282 e. The first-order chi connectivity index (χ1) is 10.1. The summed E-state index contributed by atoms with van der Waals surface area (Å²) < 4.78 is 28.4. The van der Waals surface area contributed by atoms with E-state index in [1.165, 1.54) is 8.61 Å². The van der Waals surface area contributed by atoms with Crippen LogP contribution in [0, 0.1) is 0 Å². The zero-order valence-corrected chi connectivity index (χ0v) is 13.7. The third-order valence-electron chi connectivity index (χ3n) is 3.15. The third kappa shape index (κ3) is 5.39. The molecule has 0 bridgehead atoms. The lowest BCUT2D eigenvalue weighted by atomic mass is 10.2. The second-order valence-electron chi connectivity index (χ2n) is 4.95. The summed E-state index contributed by atoms with van der Waals surface area (Å²) >= 11 is 0. The molecule has 1 aromatic rings. The summed E-state index contributed by atoms with van der Waals surface area (Å²) in [4.78, 5) is 0. The first-order valence-electron chi connectivity index (χ1n) is 7.46. The van der Waals surface area contributed by atoms with E-state index in [1.807, 2.05) is 44.2 Å². The highest BCUT2D eigenvalue weighted by Crippen LogP contribution is 2.14. The molecule has 0 amide bonds. The van der Waals surface area contributed by atoms with Crippen LogP contribution in [-0.4, -0.2) is 48.4 Å². The van der Waals surface area contributed by atoms with E-state index in [2.05, 4.69) is 0 Å². The molecule has 1 rings (SSSR count). The van der Waals surface area contributed by atoms with Gasteiger partial charge in [0.15, 0.2) is 0 Å². The van der Waals surface area contributed by atoms with Gasteiger partial charge in [-0.25, -0.2) is 0 Å². The molecule has 0 saturated carbocycles. The maximum absolute atomic E-state index is 12.7. The van der Waals surface area contributed by atoms with Crippen molar-refractivity contribution < 1.29 is 13.5 Å². The summed E-state index contributed by atoms with van der Waals surface area (Å²) in [6, 6.07) is 9.45. The summed E-state index contributed by atoms with van der Waals surface area (Å²) in [6.07, 6.45) is 1.55. The Morgan fingerprint density at radius 3 is 2.00 bits per heavy atom. The Morgan fingerprint density at radius 2 is 1.52 bits per heavy atom. The van der Waals surface area contributed by atoms with Crippen LogP contribution in [0.3, 0.4) is 0 Å². The molecular formula is C15H26N2O3S. The fourth-order valence-corrected chi connectivity index (χ4v) is 3.96. The van der Waals surface area contributed by atoms with Crippen molar-refractivity contribution >= 4 is 10.2 Å². The van der Waals surface area contributed by atoms with Gasteiger partial charge in [-0.2, -0.15) is 17.0 Å². The highest BCUT2D eigenvalue weighted by molar-refractivity contribution is 7.86. The second kappa shape index (κ2) is 9.15. The molecule has 5 nitrogen and oxygen atoms in total. The molecule has 6 heteroatoms. The molecule has 0 aliphatic rings. The Hall–Kier alpha value is -0.950. The molecule has 0 aromatic heterocycles. The molecule has 120 valence electrons. The summed E-state index contributed by atoms with van der Waals surface area (Å²) in [7, 11) is -3.54. The molecular weight excluding hydrogens is 288 g/mol. The molecule has 0 unspecified atom stereocenters. The monoisotopic (exact) mass is 314 g/mol. The standard InChI is InChI=1S/C15H26N2O3S/c1-3-10-16(11-4-2)21(19,20)17(12-13-18)14-15-8-6-5-7-9-15/h5-9,18H,3-4,10-14H2,1-2H3. The zero-order chi connectivity index (χ0) is 15.7. The largest absolute Gasteiger partial charge is 0.395 e.